The van der Waals surface area contributed by atoms with Crippen LogP contribution in [0.2, 0.25) is 0 Å². The topological polar surface area (TPSA) is 35.2 Å². The maximum absolute atomic E-state index is 6.45. The summed E-state index contributed by atoms with van der Waals surface area (Å²) in [6.07, 6.45) is 1.86. The molecule has 0 fully saturated rings. The maximum Gasteiger partial charge on any atom is 0.118 e. The van der Waals surface area contributed by atoms with Gasteiger partial charge in [-0.05, 0) is 55.2 Å². The molecule has 2 N–H and O–H groups in total. The summed E-state index contributed by atoms with van der Waals surface area (Å²) < 4.78 is 6.24. The maximum atomic E-state index is 6.45. The van der Waals surface area contributed by atoms with Gasteiger partial charge in [0, 0.05) is 10.0 Å². The summed E-state index contributed by atoms with van der Waals surface area (Å²) in [5, 5.41) is 0. The average molecular weight is 334 g/mol. The van der Waals surface area contributed by atoms with Gasteiger partial charge in [-0.3, -0.25) is 0 Å². The third kappa shape index (κ3) is 3.84. The van der Waals surface area contributed by atoms with E-state index in [1.54, 1.807) is 7.11 Å². The van der Waals surface area contributed by atoms with Crippen LogP contribution in [0.3, 0.4) is 0 Å². The van der Waals surface area contributed by atoms with Crippen molar-refractivity contribution in [1.82, 2.24) is 0 Å². The highest BCUT2D eigenvalue weighted by Gasteiger charge is 2.20. The van der Waals surface area contributed by atoms with Crippen molar-refractivity contribution >= 4 is 15.9 Å². The SMILES string of the molecule is COc1ccc(CCC(C)(N)c2ccc(Br)cc2)cc1. The van der Waals surface area contributed by atoms with Crippen molar-refractivity contribution in [2.45, 2.75) is 25.3 Å². The molecule has 0 aliphatic heterocycles. The second-order valence-corrected chi connectivity index (χ2v) is 6.19. The van der Waals surface area contributed by atoms with Gasteiger partial charge in [-0.1, -0.05) is 40.2 Å². The minimum atomic E-state index is -0.319. The van der Waals surface area contributed by atoms with Gasteiger partial charge < -0.3 is 10.5 Å². The van der Waals surface area contributed by atoms with E-state index in [2.05, 4.69) is 47.1 Å². The van der Waals surface area contributed by atoms with Crippen LogP contribution in [0.4, 0.5) is 0 Å². The Morgan fingerprint density at radius 3 is 2.20 bits per heavy atom. The van der Waals surface area contributed by atoms with E-state index in [-0.39, 0.29) is 5.54 Å². The second-order valence-electron chi connectivity index (χ2n) is 5.27. The Hall–Kier alpha value is -1.32. The molecule has 0 aromatic heterocycles. The third-order valence-corrected chi connectivity index (χ3v) is 4.12. The Kier molecular flexibility index (Phi) is 4.84. The van der Waals surface area contributed by atoms with Crippen LogP contribution in [-0.2, 0) is 12.0 Å². The predicted molar refractivity (Wildman–Crippen MR) is 87.0 cm³/mol. The van der Waals surface area contributed by atoms with E-state index in [9.17, 15) is 0 Å². The molecule has 0 aliphatic carbocycles. The van der Waals surface area contributed by atoms with Crippen LogP contribution in [0.25, 0.3) is 0 Å². The molecule has 106 valence electrons. The highest BCUT2D eigenvalue weighted by molar-refractivity contribution is 9.10. The van der Waals surface area contributed by atoms with Crippen molar-refractivity contribution in [3.8, 4) is 5.75 Å². The van der Waals surface area contributed by atoms with Gasteiger partial charge >= 0.3 is 0 Å². The molecule has 0 spiro atoms. The van der Waals surface area contributed by atoms with E-state index in [4.69, 9.17) is 10.5 Å². The molecule has 2 rings (SSSR count). The average Bonchev–Trinajstić information content (AvgIpc) is 2.46. The zero-order chi connectivity index (χ0) is 14.6. The first-order valence-electron chi connectivity index (χ1n) is 6.69. The quantitative estimate of drug-likeness (QED) is 0.886. The van der Waals surface area contributed by atoms with E-state index >= 15 is 0 Å². The molecule has 0 amide bonds. The van der Waals surface area contributed by atoms with Gasteiger partial charge in [-0.2, -0.15) is 0 Å². The van der Waals surface area contributed by atoms with Crippen molar-refractivity contribution in [3.05, 3.63) is 64.1 Å². The molecule has 1 unspecified atom stereocenters. The molecule has 2 aromatic carbocycles. The summed E-state index contributed by atoms with van der Waals surface area (Å²) in [6, 6.07) is 16.4. The minimum absolute atomic E-state index is 0.319. The standard InChI is InChI=1S/C17H20BrNO/c1-17(19,14-5-7-15(18)8-6-14)12-11-13-3-9-16(20-2)10-4-13/h3-10H,11-12,19H2,1-2H3. The van der Waals surface area contributed by atoms with Gasteiger partial charge in [0.2, 0.25) is 0 Å². The van der Waals surface area contributed by atoms with Crippen molar-refractivity contribution in [3.63, 3.8) is 0 Å². The number of hydrogen-bond acceptors (Lipinski definition) is 2. The van der Waals surface area contributed by atoms with Crippen LogP contribution in [0, 0.1) is 0 Å². The molecule has 1 atom stereocenters. The van der Waals surface area contributed by atoms with Gasteiger partial charge in [-0.15, -0.1) is 0 Å². The molecule has 0 aliphatic rings. The zero-order valence-electron chi connectivity index (χ0n) is 11.9. The Bertz CT molecular complexity index is 546. The van der Waals surface area contributed by atoms with Crippen molar-refractivity contribution < 1.29 is 4.74 Å². The largest absolute Gasteiger partial charge is 0.497 e. The molecule has 2 nitrogen and oxygen atoms in total. The zero-order valence-corrected chi connectivity index (χ0v) is 13.5. The van der Waals surface area contributed by atoms with E-state index in [1.165, 1.54) is 5.56 Å². The first-order valence-corrected chi connectivity index (χ1v) is 7.48. The Morgan fingerprint density at radius 1 is 1.05 bits per heavy atom. The summed E-state index contributed by atoms with van der Waals surface area (Å²) in [6.45, 7) is 2.08. The third-order valence-electron chi connectivity index (χ3n) is 3.60. The van der Waals surface area contributed by atoms with E-state index in [1.807, 2.05) is 24.3 Å². The highest BCUT2D eigenvalue weighted by Crippen LogP contribution is 2.25. The molecule has 0 saturated heterocycles. The minimum Gasteiger partial charge on any atom is -0.497 e. The van der Waals surface area contributed by atoms with E-state index < -0.39 is 0 Å². The lowest BCUT2D eigenvalue weighted by Gasteiger charge is -2.25. The predicted octanol–water partition coefficient (Wildman–Crippen LogP) is 4.26. The van der Waals surface area contributed by atoms with Crippen LogP contribution >= 0.6 is 15.9 Å². The summed E-state index contributed by atoms with van der Waals surface area (Å²) in [4.78, 5) is 0. The number of benzene rings is 2. The summed E-state index contributed by atoms with van der Waals surface area (Å²) in [5.74, 6) is 0.886. The lowest BCUT2D eigenvalue weighted by atomic mass is 9.87. The summed E-state index contributed by atoms with van der Waals surface area (Å²) in [7, 11) is 1.68. The normalized spacial score (nSPS) is 13.8. The number of hydrogen-bond donors (Lipinski definition) is 1. The Morgan fingerprint density at radius 2 is 1.65 bits per heavy atom. The van der Waals surface area contributed by atoms with Crippen LogP contribution in [0.15, 0.2) is 53.0 Å². The second kappa shape index (κ2) is 6.42. The summed E-state index contributed by atoms with van der Waals surface area (Å²) >= 11 is 3.45. The van der Waals surface area contributed by atoms with Crippen molar-refractivity contribution in [2.75, 3.05) is 7.11 Å². The smallest absolute Gasteiger partial charge is 0.118 e. The lowest BCUT2D eigenvalue weighted by molar-refractivity contribution is 0.414. The van der Waals surface area contributed by atoms with Crippen LogP contribution in [0.1, 0.15) is 24.5 Å². The van der Waals surface area contributed by atoms with Gasteiger partial charge in [0.25, 0.3) is 0 Å². The molecule has 0 saturated carbocycles. The van der Waals surface area contributed by atoms with Gasteiger partial charge in [-0.25, -0.2) is 0 Å². The number of ether oxygens (including phenoxy) is 1. The van der Waals surface area contributed by atoms with Crippen LogP contribution in [0.5, 0.6) is 5.75 Å². The molecule has 0 radical (unpaired) electrons. The van der Waals surface area contributed by atoms with Crippen LogP contribution < -0.4 is 10.5 Å². The number of halogens is 1. The first-order chi connectivity index (χ1) is 9.51. The number of aryl methyl sites for hydroxylation is 1. The first kappa shape index (κ1) is 15.1. The van der Waals surface area contributed by atoms with E-state index in [0.29, 0.717) is 0 Å². The Labute approximate surface area is 129 Å². The van der Waals surface area contributed by atoms with Gasteiger partial charge in [0.05, 0.1) is 7.11 Å². The fraction of sp³-hybridized carbons (Fsp3) is 0.294. The molecule has 20 heavy (non-hydrogen) atoms. The van der Waals surface area contributed by atoms with Gasteiger partial charge in [0.15, 0.2) is 0 Å². The number of nitrogens with two attached hydrogens (primary N) is 1. The molecule has 0 heterocycles. The van der Waals surface area contributed by atoms with Crippen LogP contribution in [-0.4, -0.2) is 7.11 Å². The fourth-order valence-corrected chi connectivity index (χ4v) is 2.44. The monoisotopic (exact) mass is 333 g/mol. The molecule has 0 bridgehead atoms. The van der Waals surface area contributed by atoms with Crippen molar-refractivity contribution in [1.29, 1.82) is 0 Å². The Balaban J connectivity index is 2.02. The molecular formula is C17H20BrNO. The van der Waals surface area contributed by atoms with Gasteiger partial charge in [0.1, 0.15) is 5.75 Å². The number of methoxy groups -OCH3 is 1. The number of rotatable bonds is 5. The summed E-state index contributed by atoms with van der Waals surface area (Å²) in [5.41, 5.74) is 8.57. The van der Waals surface area contributed by atoms with Crippen molar-refractivity contribution in [2.24, 2.45) is 5.73 Å². The molecule has 3 heteroatoms. The molecule has 2 aromatic rings. The lowest BCUT2D eigenvalue weighted by Crippen LogP contribution is -2.33. The molecular weight excluding hydrogens is 314 g/mol. The fourth-order valence-electron chi connectivity index (χ4n) is 2.17. The highest BCUT2D eigenvalue weighted by atomic mass is 79.9. The van der Waals surface area contributed by atoms with E-state index in [0.717, 1.165) is 28.6 Å².